The lowest BCUT2D eigenvalue weighted by molar-refractivity contribution is -0.138. The molecule has 3 nitrogen and oxygen atoms in total. The summed E-state index contributed by atoms with van der Waals surface area (Å²) >= 11 is 0. The molecule has 2 unspecified atom stereocenters. The normalized spacial score (nSPS) is 24.3. The van der Waals surface area contributed by atoms with Gasteiger partial charge in [0.15, 0.2) is 0 Å². The maximum absolute atomic E-state index is 12.1. The van der Waals surface area contributed by atoms with Crippen LogP contribution in [0.2, 0.25) is 0 Å². The molecule has 1 N–H and O–H groups in total. The van der Waals surface area contributed by atoms with Crippen molar-refractivity contribution in [2.24, 2.45) is 0 Å². The first-order chi connectivity index (χ1) is 8.90. The number of nitrogens with zero attached hydrogens (tertiary/aromatic N) is 1. The molecule has 1 aliphatic heterocycles. The van der Waals surface area contributed by atoms with Gasteiger partial charge in [-0.25, -0.2) is 0 Å². The number of halogens is 3. The number of likely N-dealkylation sites (N-methyl/N-ethyl adjacent to an activating group) is 1. The Morgan fingerprint density at radius 3 is 2.58 bits per heavy atom. The van der Waals surface area contributed by atoms with Crippen LogP contribution in [-0.4, -0.2) is 56.5 Å². The Hall–Kier alpha value is -0.330. The molecular weight excluding hydrogens is 257 g/mol. The predicted molar refractivity (Wildman–Crippen MR) is 69.2 cm³/mol. The molecule has 0 bridgehead atoms. The molecule has 114 valence electrons. The zero-order valence-electron chi connectivity index (χ0n) is 11.8. The largest absolute Gasteiger partial charge is 0.390 e. The number of alkyl halides is 3. The molecular formula is C13H25F3N2O. The molecule has 0 aromatic carbocycles. The number of hydrogen-bond donors (Lipinski definition) is 1. The lowest BCUT2D eigenvalue weighted by Crippen LogP contribution is -2.33. The van der Waals surface area contributed by atoms with Crippen LogP contribution < -0.4 is 5.32 Å². The smallest absolute Gasteiger partial charge is 0.372 e. The lowest BCUT2D eigenvalue weighted by Gasteiger charge is -2.22. The number of rotatable bonds is 8. The maximum Gasteiger partial charge on any atom is 0.390 e. The van der Waals surface area contributed by atoms with Gasteiger partial charge in [0.2, 0.25) is 0 Å². The minimum atomic E-state index is -4.07. The molecule has 19 heavy (non-hydrogen) atoms. The molecule has 1 heterocycles. The SMILES string of the molecule is CCCNCC1CCC(CN(C)CCC(F)(F)F)O1. The Balaban J connectivity index is 2.13. The van der Waals surface area contributed by atoms with Gasteiger partial charge in [-0.15, -0.1) is 0 Å². The summed E-state index contributed by atoms with van der Waals surface area (Å²) in [5.41, 5.74) is 0. The first-order valence-corrected chi connectivity index (χ1v) is 7.02. The van der Waals surface area contributed by atoms with Gasteiger partial charge in [-0.05, 0) is 32.9 Å². The average Bonchev–Trinajstić information content (AvgIpc) is 2.74. The second-order valence-corrected chi connectivity index (χ2v) is 5.29. The maximum atomic E-state index is 12.1. The topological polar surface area (TPSA) is 24.5 Å². The Morgan fingerprint density at radius 2 is 1.95 bits per heavy atom. The zero-order chi connectivity index (χ0) is 14.3. The van der Waals surface area contributed by atoms with E-state index in [2.05, 4.69) is 12.2 Å². The summed E-state index contributed by atoms with van der Waals surface area (Å²) in [7, 11) is 1.72. The lowest BCUT2D eigenvalue weighted by atomic mass is 10.2. The molecule has 0 aromatic heterocycles. The molecule has 0 aromatic rings. The van der Waals surface area contributed by atoms with Gasteiger partial charge >= 0.3 is 6.18 Å². The second kappa shape index (κ2) is 8.07. The molecule has 1 saturated heterocycles. The van der Waals surface area contributed by atoms with Crippen LogP contribution in [0.5, 0.6) is 0 Å². The third kappa shape index (κ3) is 7.74. The highest BCUT2D eigenvalue weighted by Crippen LogP contribution is 2.22. The van der Waals surface area contributed by atoms with Gasteiger partial charge in [-0.1, -0.05) is 6.92 Å². The van der Waals surface area contributed by atoms with Crippen molar-refractivity contribution in [3.8, 4) is 0 Å². The van der Waals surface area contributed by atoms with E-state index in [9.17, 15) is 13.2 Å². The highest BCUT2D eigenvalue weighted by Gasteiger charge is 2.29. The Labute approximate surface area is 113 Å². The number of nitrogens with one attached hydrogen (secondary N) is 1. The van der Waals surface area contributed by atoms with Gasteiger partial charge in [-0.2, -0.15) is 13.2 Å². The van der Waals surface area contributed by atoms with Crippen LogP contribution in [0.15, 0.2) is 0 Å². The van der Waals surface area contributed by atoms with Crippen molar-refractivity contribution in [3.63, 3.8) is 0 Å². The first kappa shape index (κ1) is 16.7. The fraction of sp³-hybridized carbons (Fsp3) is 1.00. The summed E-state index contributed by atoms with van der Waals surface area (Å²) in [6, 6.07) is 0. The minimum Gasteiger partial charge on any atom is -0.372 e. The quantitative estimate of drug-likeness (QED) is 0.692. The van der Waals surface area contributed by atoms with Crippen LogP contribution in [0.25, 0.3) is 0 Å². The minimum absolute atomic E-state index is 0.0438. The van der Waals surface area contributed by atoms with Crippen LogP contribution in [0.1, 0.15) is 32.6 Å². The number of ether oxygens (including phenoxy) is 1. The van der Waals surface area contributed by atoms with E-state index < -0.39 is 12.6 Å². The Morgan fingerprint density at radius 1 is 1.26 bits per heavy atom. The molecule has 0 amide bonds. The zero-order valence-corrected chi connectivity index (χ0v) is 11.8. The molecule has 1 aliphatic rings. The fourth-order valence-corrected chi connectivity index (χ4v) is 2.26. The Bertz CT molecular complexity index is 249. The van der Waals surface area contributed by atoms with Crippen molar-refractivity contribution in [1.82, 2.24) is 10.2 Å². The van der Waals surface area contributed by atoms with Gasteiger partial charge < -0.3 is 15.0 Å². The van der Waals surface area contributed by atoms with Crippen molar-refractivity contribution in [2.45, 2.75) is 51.0 Å². The van der Waals surface area contributed by atoms with E-state index in [1.807, 2.05) is 0 Å². The van der Waals surface area contributed by atoms with Crippen molar-refractivity contribution >= 4 is 0 Å². The molecule has 0 radical (unpaired) electrons. The van der Waals surface area contributed by atoms with Crippen molar-refractivity contribution in [2.75, 3.05) is 33.2 Å². The summed E-state index contributed by atoms with van der Waals surface area (Å²) in [6.45, 7) is 4.57. The Kier molecular flexibility index (Phi) is 7.10. The average molecular weight is 282 g/mol. The third-order valence-corrected chi connectivity index (χ3v) is 3.29. The highest BCUT2D eigenvalue weighted by atomic mass is 19.4. The van der Waals surface area contributed by atoms with Crippen molar-refractivity contribution in [1.29, 1.82) is 0 Å². The summed E-state index contributed by atoms with van der Waals surface area (Å²) in [6.07, 6.45) is -1.51. The van der Waals surface area contributed by atoms with Crippen LogP contribution in [0.3, 0.4) is 0 Å². The van der Waals surface area contributed by atoms with Gasteiger partial charge in [0, 0.05) is 19.6 Å². The molecule has 2 atom stereocenters. The van der Waals surface area contributed by atoms with Crippen LogP contribution >= 0.6 is 0 Å². The van der Waals surface area contributed by atoms with Crippen molar-refractivity contribution in [3.05, 3.63) is 0 Å². The molecule has 0 aliphatic carbocycles. The highest BCUT2D eigenvalue weighted by molar-refractivity contribution is 4.77. The summed E-state index contributed by atoms with van der Waals surface area (Å²) in [5.74, 6) is 0. The van der Waals surface area contributed by atoms with Gasteiger partial charge in [-0.3, -0.25) is 0 Å². The first-order valence-electron chi connectivity index (χ1n) is 7.02. The van der Waals surface area contributed by atoms with E-state index in [1.54, 1.807) is 11.9 Å². The molecule has 0 saturated carbocycles. The molecule has 6 heteroatoms. The standard InChI is InChI=1S/C13H25F3N2O/c1-3-7-17-9-11-4-5-12(19-11)10-18(2)8-6-13(14,15)16/h11-12,17H,3-10H2,1-2H3. The molecule has 1 fully saturated rings. The van der Waals surface area contributed by atoms with E-state index in [1.165, 1.54) is 0 Å². The van der Waals surface area contributed by atoms with E-state index >= 15 is 0 Å². The van der Waals surface area contributed by atoms with E-state index in [0.29, 0.717) is 6.54 Å². The fourth-order valence-electron chi connectivity index (χ4n) is 2.26. The molecule has 1 rings (SSSR count). The van der Waals surface area contributed by atoms with Crippen molar-refractivity contribution < 1.29 is 17.9 Å². The predicted octanol–water partition coefficient (Wildman–Crippen LogP) is 2.42. The van der Waals surface area contributed by atoms with Crippen LogP contribution in [0, 0.1) is 0 Å². The van der Waals surface area contributed by atoms with E-state index in [-0.39, 0.29) is 18.8 Å². The van der Waals surface area contributed by atoms with Gasteiger partial charge in [0.25, 0.3) is 0 Å². The van der Waals surface area contributed by atoms with E-state index in [0.717, 1.165) is 32.4 Å². The van der Waals surface area contributed by atoms with Crippen LogP contribution in [0.4, 0.5) is 13.2 Å². The van der Waals surface area contributed by atoms with Gasteiger partial charge in [0.1, 0.15) is 0 Å². The summed E-state index contributed by atoms with van der Waals surface area (Å²) in [5, 5.41) is 3.31. The number of hydrogen-bond acceptors (Lipinski definition) is 3. The molecule has 0 spiro atoms. The van der Waals surface area contributed by atoms with Gasteiger partial charge in [0.05, 0.1) is 18.6 Å². The van der Waals surface area contributed by atoms with E-state index in [4.69, 9.17) is 4.74 Å². The summed E-state index contributed by atoms with van der Waals surface area (Å²) in [4.78, 5) is 1.71. The van der Waals surface area contributed by atoms with Crippen LogP contribution in [-0.2, 0) is 4.74 Å². The second-order valence-electron chi connectivity index (χ2n) is 5.29. The third-order valence-electron chi connectivity index (χ3n) is 3.29. The monoisotopic (exact) mass is 282 g/mol. The summed E-state index contributed by atoms with van der Waals surface area (Å²) < 4.78 is 42.1.